The van der Waals surface area contributed by atoms with Crippen LogP contribution in [0.15, 0.2) is 0 Å². The van der Waals surface area contributed by atoms with Crippen LogP contribution in [0.5, 0.6) is 0 Å². The fourth-order valence-electron chi connectivity index (χ4n) is 2.56. The lowest BCUT2D eigenvalue weighted by Gasteiger charge is -2.30. The molecule has 92 valence electrons. The molecular weight excluding hydrogens is 210 g/mol. The Hall–Kier alpha value is -1.10. The second-order valence-corrected chi connectivity index (χ2v) is 5.38. The molecule has 0 aliphatic carbocycles. The second-order valence-electron chi connectivity index (χ2n) is 5.38. The van der Waals surface area contributed by atoms with Gasteiger partial charge in [-0.15, -0.1) is 0 Å². The Kier molecular flexibility index (Phi) is 3.28. The average molecular weight is 229 g/mol. The molecule has 1 amide bonds. The zero-order valence-electron chi connectivity index (χ0n) is 10.1. The van der Waals surface area contributed by atoms with Crippen LogP contribution in [0.25, 0.3) is 0 Å². The van der Waals surface area contributed by atoms with E-state index in [-0.39, 0.29) is 11.5 Å². The van der Waals surface area contributed by atoms with Gasteiger partial charge in [0, 0.05) is 5.92 Å². The first-order valence-corrected chi connectivity index (χ1v) is 5.32. The molecule has 0 saturated carbocycles. The zero-order chi connectivity index (χ0) is 12.6. The largest absolute Gasteiger partial charge is 0.480 e. The molecule has 0 bridgehead atoms. The molecule has 2 atom stereocenters. The van der Waals surface area contributed by atoms with Gasteiger partial charge in [-0.1, -0.05) is 0 Å². The van der Waals surface area contributed by atoms with Crippen molar-refractivity contribution in [3.63, 3.8) is 0 Å². The Morgan fingerprint density at radius 2 is 2.06 bits per heavy atom. The number of rotatable bonds is 4. The van der Waals surface area contributed by atoms with Crippen molar-refractivity contribution in [2.45, 2.75) is 51.4 Å². The van der Waals surface area contributed by atoms with Gasteiger partial charge in [-0.05, 0) is 34.1 Å². The topological polar surface area (TPSA) is 75.6 Å². The molecule has 0 radical (unpaired) electrons. The van der Waals surface area contributed by atoms with E-state index < -0.39 is 17.6 Å². The van der Waals surface area contributed by atoms with E-state index in [9.17, 15) is 9.59 Å². The standard InChI is InChI=1S/C11H19NO4/c1-10(2)5-7(11(3,4)16-10)8(9(14)15)12-6-13/h6-8H,5H2,1-4H3,(H,12,13)(H,14,15). The molecule has 0 aromatic carbocycles. The van der Waals surface area contributed by atoms with Crippen molar-refractivity contribution in [3.05, 3.63) is 0 Å². The molecule has 0 aromatic rings. The number of amides is 1. The van der Waals surface area contributed by atoms with Crippen molar-refractivity contribution in [2.75, 3.05) is 0 Å². The summed E-state index contributed by atoms with van der Waals surface area (Å²) < 4.78 is 5.81. The number of nitrogens with one attached hydrogen (secondary N) is 1. The Labute approximate surface area is 95.2 Å². The number of ether oxygens (including phenoxy) is 1. The minimum absolute atomic E-state index is 0.231. The third-order valence-corrected chi connectivity index (χ3v) is 3.06. The van der Waals surface area contributed by atoms with Crippen LogP contribution >= 0.6 is 0 Å². The average Bonchev–Trinajstić information content (AvgIpc) is 2.29. The summed E-state index contributed by atoms with van der Waals surface area (Å²) in [6.07, 6.45) is 1.04. The van der Waals surface area contributed by atoms with Gasteiger partial charge in [-0.25, -0.2) is 4.79 Å². The maximum atomic E-state index is 11.1. The summed E-state index contributed by atoms with van der Waals surface area (Å²) in [6, 6.07) is -0.894. The molecule has 1 aliphatic heterocycles. The van der Waals surface area contributed by atoms with Crippen LogP contribution in [0.3, 0.4) is 0 Å². The summed E-state index contributed by atoms with van der Waals surface area (Å²) in [5, 5.41) is 11.4. The molecule has 5 heteroatoms. The highest BCUT2D eigenvalue weighted by atomic mass is 16.5. The van der Waals surface area contributed by atoms with E-state index >= 15 is 0 Å². The number of hydrogen-bond acceptors (Lipinski definition) is 3. The van der Waals surface area contributed by atoms with E-state index in [1.165, 1.54) is 0 Å². The van der Waals surface area contributed by atoms with Gasteiger partial charge in [-0.2, -0.15) is 0 Å². The van der Waals surface area contributed by atoms with Gasteiger partial charge in [0.2, 0.25) is 6.41 Å². The molecule has 0 aromatic heterocycles. The van der Waals surface area contributed by atoms with Crippen LogP contribution < -0.4 is 5.32 Å². The molecule has 1 heterocycles. The van der Waals surface area contributed by atoms with Crippen LogP contribution in [-0.2, 0) is 14.3 Å². The molecule has 1 rings (SSSR count). The van der Waals surface area contributed by atoms with E-state index in [4.69, 9.17) is 9.84 Å². The minimum Gasteiger partial charge on any atom is -0.480 e. The summed E-state index contributed by atoms with van der Waals surface area (Å²) >= 11 is 0. The van der Waals surface area contributed by atoms with Gasteiger partial charge >= 0.3 is 5.97 Å². The van der Waals surface area contributed by atoms with Crippen LogP contribution in [0.2, 0.25) is 0 Å². The summed E-state index contributed by atoms with van der Waals surface area (Å²) in [5.74, 6) is -1.25. The number of aliphatic carboxylic acids is 1. The number of carbonyl (C=O) groups excluding carboxylic acids is 1. The second kappa shape index (κ2) is 4.05. The lowest BCUT2D eigenvalue weighted by molar-refractivity contribution is -0.144. The molecule has 5 nitrogen and oxygen atoms in total. The highest BCUT2D eigenvalue weighted by Gasteiger charge is 2.51. The molecule has 1 fully saturated rings. The smallest absolute Gasteiger partial charge is 0.326 e. The van der Waals surface area contributed by atoms with Gasteiger partial charge < -0.3 is 15.2 Å². The van der Waals surface area contributed by atoms with Crippen LogP contribution in [0.1, 0.15) is 34.1 Å². The first kappa shape index (κ1) is 13.0. The molecule has 1 aliphatic rings. The van der Waals surface area contributed by atoms with Crippen molar-refractivity contribution in [1.29, 1.82) is 0 Å². The van der Waals surface area contributed by atoms with Gasteiger partial charge in [-0.3, -0.25) is 4.79 Å². The van der Waals surface area contributed by atoms with Crippen molar-refractivity contribution in [1.82, 2.24) is 5.32 Å². The predicted molar refractivity (Wildman–Crippen MR) is 58.0 cm³/mol. The Balaban J connectivity index is 2.93. The molecule has 2 N–H and O–H groups in total. The van der Waals surface area contributed by atoms with Crippen molar-refractivity contribution in [3.8, 4) is 0 Å². The van der Waals surface area contributed by atoms with Gasteiger partial charge in [0.1, 0.15) is 6.04 Å². The van der Waals surface area contributed by atoms with Crippen molar-refractivity contribution < 1.29 is 19.4 Å². The molecule has 0 spiro atoms. The normalized spacial score (nSPS) is 28.4. The van der Waals surface area contributed by atoms with Crippen molar-refractivity contribution in [2.24, 2.45) is 5.92 Å². The fraction of sp³-hybridized carbons (Fsp3) is 0.818. The van der Waals surface area contributed by atoms with Crippen LogP contribution in [-0.4, -0.2) is 34.7 Å². The minimum atomic E-state index is -1.02. The quantitative estimate of drug-likeness (QED) is 0.698. The van der Waals surface area contributed by atoms with Gasteiger partial charge in [0.05, 0.1) is 11.2 Å². The number of hydrogen-bond donors (Lipinski definition) is 2. The highest BCUT2D eigenvalue weighted by Crippen LogP contribution is 2.43. The number of carboxylic acids is 1. The first-order valence-electron chi connectivity index (χ1n) is 5.32. The fourth-order valence-corrected chi connectivity index (χ4v) is 2.56. The lowest BCUT2D eigenvalue weighted by Crippen LogP contribution is -2.48. The third kappa shape index (κ3) is 2.52. The highest BCUT2D eigenvalue weighted by molar-refractivity contribution is 5.76. The first-order chi connectivity index (χ1) is 7.19. The van der Waals surface area contributed by atoms with E-state index in [0.29, 0.717) is 12.8 Å². The SMILES string of the molecule is CC1(C)CC(C(NC=O)C(=O)O)C(C)(C)O1. The van der Waals surface area contributed by atoms with E-state index in [2.05, 4.69) is 5.32 Å². The van der Waals surface area contributed by atoms with Crippen LogP contribution in [0.4, 0.5) is 0 Å². The molecule has 16 heavy (non-hydrogen) atoms. The van der Waals surface area contributed by atoms with Gasteiger partial charge in [0.15, 0.2) is 0 Å². The Morgan fingerprint density at radius 1 is 1.50 bits per heavy atom. The Bertz CT molecular complexity index is 298. The zero-order valence-corrected chi connectivity index (χ0v) is 10.1. The van der Waals surface area contributed by atoms with Gasteiger partial charge in [0.25, 0.3) is 0 Å². The summed E-state index contributed by atoms with van der Waals surface area (Å²) in [5.41, 5.74) is -0.908. The number of carboxylic acid groups (broad SMARTS) is 1. The Morgan fingerprint density at radius 3 is 2.38 bits per heavy atom. The molecule has 1 saturated heterocycles. The molecule has 2 unspecified atom stereocenters. The van der Waals surface area contributed by atoms with E-state index in [1.807, 2.05) is 27.7 Å². The summed E-state index contributed by atoms with van der Waals surface area (Å²) in [4.78, 5) is 21.5. The monoisotopic (exact) mass is 229 g/mol. The maximum absolute atomic E-state index is 11.1. The van der Waals surface area contributed by atoms with Crippen molar-refractivity contribution >= 4 is 12.4 Å². The summed E-state index contributed by atoms with van der Waals surface area (Å²) in [7, 11) is 0. The van der Waals surface area contributed by atoms with E-state index in [1.54, 1.807) is 0 Å². The lowest BCUT2D eigenvalue weighted by atomic mass is 9.81. The molecular formula is C11H19NO4. The predicted octanol–water partition coefficient (Wildman–Crippen LogP) is 0.779. The maximum Gasteiger partial charge on any atom is 0.326 e. The summed E-state index contributed by atoms with van der Waals surface area (Å²) in [6.45, 7) is 7.56. The van der Waals surface area contributed by atoms with E-state index in [0.717, 1.165) is 0 Å². The number of carbonyl (C=O) groups is 2. The third-order valence-electron chi connectivity index (χ3n) is 3.06. The van der Waals surface area contributed by atoms with Crippen LogP contribution in [0, 0.1) is 5.92 Å².